The Morgan fingerprint density at radius 2 is 1.80 bits per heavy atom. The number of benzene rings is 1. The summed E-state index contributed by atoms with van der Waals surface area (Å²) in [6.07, 6.45) is -0.756. The number of aryl methyl sites for hydroxylation is 1. The standard InChI is InChI=1S/C26H31F5N7.C4H10.C2H5N.K/c1-4-5-20-18(11-34-6-7-36-33-3)24(35-10-15-8-16-13-38(16)12-15)23(28)25(37-20)17-9-19(32)22(27)14(2)21(17)26(29,30)31;1-4(2)3;1-2-3;/h8-9,12,33,36H,4-7,10-11,13,32H2,1-3H3,(H,35,37);4H,1-3H3;2-3H,1H3;/q-1;;;+1. The van der Waals surface area contributed by atoms with Gasteiger partial charge in [0.2, 0.25) is 0 Å². The normalized spacial score (nSPS) is 11.5. The van der Waals surface area contributed by atoms with Crippen molar-refractivity contribution in [1.82, 2.24) is 20.4 Å². The fourth-order valence-corrected chi connectivity index (χ4v) is 4.58. The van der Waals surface area contributed by atoms with E-state index in [1.807, 2.05) is 23.8 Å². The summed E-state index contributed by atoms with van der Waals surface area (Å²) in [6.45, 7) is 13.3. The maximum atomic E-state index is 16.2. The van der Waals surface area contributed by atoms with Gasteiger partial charge in [0.05, 0.1) is 23.5 Å². The molecule has 0 bridgehead atoms. The molecule has 0 spiro atoms. The summed E-state index contributed by atoms with van der Waals surface area (Å²) in [7, 11) is 1.73. The number of fused-ring (bicyclic) bond motifs is 1. The Morgan fingerprint density at radius 3 is 2.33 bits per heavy atom. The van der Waals surface area contributed by atoms with Gasteiger partial charge in [-0.1, -0.05) is 34.1 Å². The van der Waals surface area contributed by atoms with Crippen molar-refractivity contribution in [2.45, 2.75) is 80.2 Å². The summed E-state index contributed by atoms with van der Waals surface area (Å²) >= 11 is 0. The number of hydrogen-bond acceptors (Lipinski definition) is 6. The van der Waals surface area contributed by atoms with Gasteiger partial charge in [-0.3, -0.25) is 10.9 Å². The number of halogens is 5. The van der Waals surface area contributed by atoms with E-state index in [-0.39, 0.29) is 70.2 Å². The van der Waals surface area contributed by atoms with E-state index < -0.39 is 45.9 Å². The van der Waals surface area contributed by atoms with Crippen molar-refractivity contribution < 1.29 is 73.3 Å². The van der Waals surface area contributed by atoms with Crippen molar-refractivity contribution in [2.75, 3.05) is 31.2 Å². The Kier molecular flexibility index (Phi) is 18.1. The number of nitrogens with two attached hydrogens (primary N) is 1. The van der Waals surface area contributed by atoms with Crippen LogP contribution in [-0.4, -0.2) is 35.9 Å². The zero-order chi connectivity index (χ0) is 33.9. The van der Waals surface area contributed by atoms with Crippen molar-refractivity contribution in [3.05, 3.63) is 68.9 Å². The summed E-state index contributed by atoms with van der Waals surface area (Å²) in [5.74, 6) is -1.31. The maximum absolute atomic E-state index is 16.2. The SMILES string of the molecule is CC(C)C.CC=N.CCCc1nc(-c2cc(N)c(F)c(C)c2C(F)(F)F)c(F)c(NCc2cc3n(c2)C3)c1C[N-]CCNNC.[K+]. The van der Waals surface area contributed by atoms with Crippen LogP contribution >= 0.6 is 0 Å². The van der Waals surface area contributed by atoms with Gasteiger partial charge in [-0.2, -0.15) is 13.2 Å². The van der Waals surface area contributed by atoms with E-state index in [1.54, 1.807) is 14.0 Å². The van der Waals surface area contributed by atoms with E-state index in [0.717, 1.165) is 36.7 Å². The number of aromatic nitrogens is 2. The van der Waals surface area contributed by atoms with Crippen molar-refractivity contribution in [2.24, 2.45) is 5.92 Å². The molecule has 0 amide bonds. The summed E-state index contributed by atoms with van der Waals surface area (Å²) < 4.78 is 75.0. The molecule has 1 aliphatic heterocycles. The molecule has 3 aromatic rings. The van der Waals surface area contributed by atoms with Crippen LogP contribution in [0.2, 0.25) is 0 Å². The molecule has 1 aliphatic rings. The monoisotopic (exact) mass is 676 g/mol. The molecule has 8 nitrogen and oxygen atoms in total. The largest absolute Gasteiger partial charge is 1.00 e. The van der Waals surface area contributed by atoms with Crippen LogP contribution in [-0.2, 0) is 32.2 Å². The van der Waals surface area contributed by atoms with Crippen molar-refractivity contribution >= 4 is 17.6 Å². The van der Waals surface area contributed by atoms with Gasteiger partial charge in [0.1, 0.15) is 11.5 Å². The molecule has 4 rings (SSSR count). The minimum Gasteiger partial charge on any atom is -0.657 e. The molecule has 2 aromatic heterocycles. The second-order valence-electron chi connectivity index (χ2n) is 11.3. The van der Waals surface area contributed by atoms with Crippen LogP contribution in [0.5, 0.6) is 0 Å². The topological polar surface area (TPSA) is 118 Å². The van der Waals surface area contributed by atoms with E-state index in [0.29, 0.717) is 37.2 Å². The summed E-state index contributed by atoms with van der Waals surface area (Å²) in [6, 6.07) is 2.80. The molecule has 0 saturated heterocycles. The van der Waals surface area contributed by atoms with E-state index >= 15 is 4.39 Å². The van der Waals surface area contributed by atoms with Crippen LogP contribution in [0.15, 0.2) is 18.3 Å². The van der Waals surface area contributed by atoms with Crippen LogP contribution in [0.25, 0.3) is 16.6 Å². The van der Waals surface area contributed by atoms with E-state index in [9.17, 15) is 17.6 Å². The molecule has 0 unspecified atom stereocenters. The van der Waals surface area contributed by atoms with Gasteiger partial charge in [-0.05, 0) is 74.8 Å². The Morgan fingerprint density at radius 1 is 1.17 bits per heavy atom. The smallest absolute Gasteiger partial charge is 0.657 e. The predicted octanol–water partition coefficient (Wildman–Crippen LogP) is 4.58. The molecule has 0 saturated carbocycles. The van der Waals surface area contributed by atoms with E-state index in [4.69, 9.17) is 11.1 Å². The molecular formula is C32H46F5KN8. The summed E-state index contributed by atoms with van der Waals surface area (Å²) in [5.41, 5.74) is 10.8. The predicted molar refractivity (Wildman–Crippen MR) is 173 cm³/mol. The maximum Gasteiger partial charge on any atom is 1.00 e. The first-order valence-electron chi connectivity index (χ1n) is 15.0. The number of rotatable bonds is 12. The molecule has 250 valence electrons. The average Bonchev–Trinajstić information content (AvgIpc) is 3.56. The Balaban J connectivity index is 0.00000121. The van der Waals surface area contributed by atoms with Crippen LogP contribution in [0.1, 0.15) is 74.7 Å². The molecule has 0 radical (unpaired) electrons. The van der Waals surface area contributed by atoms with Gasteiger partial charge >= 0.3 is 57.6 Å². The number of nitrogens with zero attached hydrogens (tertiary/aromatic N) is 3. The fourth-order valence-electron chi connectivity index (χ4n) is 4.58. The first-order chi connectivity index (χ1) is 21.2. The quantitative estimate of drug-likeness (QED) is 0.0376. The molecule has 3 heterocycles. The molecule has 14 heteroatoms. The zero-order valence-electron chi connectivity index (χ0n) is 28.1. The third-order valence-electron chi connectivity index (χ3n) is 6.46. The third-order valence-corrected chi connectivity index (χ3v) is 6.46. The van der Waals surface area contributed by atoms with Crippen LogP contribution in [0.3, 0.4) is 0 Å². The number of alkyl halides is 3. The first-order valence-corrected chi connectivity index (χ1v) is 15.0. The van der Waals surface area contributed by atoms with Crippen LogP contribution in [0.4, 0.5) is 33.3 Å². The Bertz CT molecular complexity index is 1400. The van der Waals surface area contributed by atoms with Crippen molar-refractivity contribution in [3.8, 4) is 11.3 Å². The minimum absolute atomic E-state index is 0. The molecule has 1 aromatic carbocycles. The summed E-state index contributed by atoms with van der Waals surface area (Å²) in [4.78, 5) is 4.38. The number of nitrogen functional groups attached to an aromatic ring is 1. The van der Waals surface area contributed by atoms with Crippen molar-refractivity contribution in [3.63, 3.8) is 0 Å². The van der Waals surface area contributed by atoms with Gasteiger partial charge in [-0.15, -0.1) is 13.1 Å². The number of pyridine rings is 1. The Labute approximate surface area is 311 Å². The van der Waals surface area contributed by atoms with Crippen LogP contribution < -0.4 is 73.3 Å². The van der Waals surface area contributed by atoms with Crippen LogP contribution in [0, 0.1) is 29.9 Å². The fraction of sp³-hybridized carbons (Fsp3) is 0.500. The zero-order valence-corrected chi connectivity index (χ0v) is 31.3. The van der Waals surface area contributed by atoms with Gasteiger partial charge in [-0.25, -0.2) is 13.8 Å². The number of hydrazine groups is 1. The number of hydrogen-bond donors (Lipinski definition) is 5. The minimum atomic E-state index is -4.95. The van der Waals surface area contributed by atoms with Gasteiger partial charge in [0.25, 0.3) is 0 Å². The number of anilines is 2. The first kappa shape index (κ1) is 42.1. The van der Waals surface area contributed by atoms with Crippen molar-refractivity contribution in [1.29, 1.82) is 5.41 Å². The average molecular weight is 677 g/mol. The summed E-state index contributed by atoms with van der Waals surface area (Å²) in [5, 5.41) is 13.7. The second-order valence-corrected chi connectivity index (χ2v) is 11.3. The molecule has 0 atom stereocenters. The van der Waals surface area contributed by atoms with Gasteiger partial charge in [0, 0.05) is 29.7 Å². The third kappa shape index (κ3) is 12.0. The molecule has 6 N–H and O–H groups in total. The molecule has 46 heavy (non-hydrogen) atoms. The van der Waals surface area contributed by atoms with E-state index in [1.165, 1.54) is 6.21 Å². The molecular weight excluding hydrogens is 630 g/mol. The molecule has 0 aliphatic carbocycles. The Hall–Kier alpha value is -1.91. The van der Waals surface area contributed by atoms with Gasteiger partial charge < -0.3 is 26.3 Å². The van der Waals surface area contributed by atoms with Gasteiger partial charge in [0.15, 0.2) is 5.82 Å². The molecule has 0 fully saturated rings. The van der Waals surface area contributed by atoms with E-state index in [2.05, 4.69) is 47.2 Å². The number of nitrogens with one attached hydrogen (secondary N) is 4. The second kappa shape index (κ2) is 19.8.